The molecule has 4 N–H and O–H groups in total. The van der Waals surface area contributed by atoms with Crippen molar-refractivity contribution < 1.29 is 20.3 Å². The van der Waals surface area contributed by atoms with Gasteiger partial charge >= 0.3 is 18.9 Å². The Kier molecular flexibility index (Phi) is 16.1. The van der Waals surface area contributed by atoms with Gasteiger partial charge in [0.1, 0.15) is 0 Å². The van der Waals surface area contributed by atoms with Crippen molar-refractivity contribution in [2.24, 2.45) is 11.5 Å². The van der Waals surface area contributed by atoms with Crippen LogP contribution in [0, 0.1) is 0 Å². The van der Waals surface area contributed by atoms with Crippen molar-refractivity contribution in [3.8, 4) is 0 Å². The van der Waals surface area contributed by atoms with E-state index in [-0.39, 0.29) is 20.3 Å². The molecule has 2 nitrogen and oxygen atoms in total. The first-order valence-electron chi connectivity index (χ1n) is 1.32. The molecule has 0 spiro atoms. The Hall–Kier alpha value is 0.517. The molecule has 0 aliphatic rings. The average molecular weight is 68.0 g/mol. The number of nitrogens with two attached hydrogens (primary N) is 2. The van der Waals surface area contributed by atoms with E-state index in [9.17, 15) is 0 Å². The third-order valence-electron chi connectivity index (χ3n) is 0.167. The molecule has 0 amide bonds. The molecular formula is C2H9LiN2. The smallest absolute Gasteiger partial charge is 1.00 e. The molecule has 0 aliphatic heterocycles. The second kappa shape index (κ2) is 8.82. The molecule has 0 heterocycles. The van der Waals surface area contributed by atoms with E-state index in [0.29, 0.717) is 13.1 Å². The molecule has 28 valence electrons. The monoisotopic (exact) mass is 68.1 g/mol. The first-order chi connectivity index (χ1) is 1.91. The van der Waals surface area contributed by atoms with Gasteiger partial charge in [0, 0.05) is 13.1 Å². The van der Waals surface area contributed by atoms with Crippen molar-refractivity contribution in [3.63, 3.8) is 0 Å². The molecule has 0 saturated carbocycles. The average Bonchev–Trinajstić information content (AvgIpc) is 1.37. The molecule has 0 aromatic rings. The molecule has 0 radical (unpaired) electrons. The van der Waals surface area contributed by atoms with E-state index < -0.39 is 0 Å². The minimum atomic E-state index is 0. The van der Waals surface area contributed by atoms with Gasteiger partial charge in [0.25, 0.3) is 0 Å². The number of hydrogen-bond donors (Lipinski definition) is 2. The fourth-order valence-corrected chi connectivity index (χ4v) is 0. The van der Waals surface area contributed by atoms with Gasteiger partial charge in [0.2, 0.25) is 0 Å². The van der Waals surface area contributed by atoms with Crippen LogP contribution in [0.4, 0.5) is 0 Å². The van der Waals surface area contributed by atoms with Crippen molar-refractivity contribution in [1.82, 2.24) is 0 Å². The maximum Gasteiger partial charge on any atom is 1.00 e. The summed E-state index contributed by atoms with van der Waals surface area (Å²) in [6, 6.07) is 0. The summed E-state index contributed by atoms with van der Waals surface area (Å²) >= 11 is 0. The Morgan fingerprint density at radius 2 is 1.40 bits per heavy atom. The fourth-order valence-electron chi connectivity index (χ4n) is 0. The van der Waals surface area contributed by atoms with Gasteiger partial charge in [-0.25, -0.2) is 0 Å². The van der Waals surface area contributed by atoms with Crippen molar-refractivity contribution in [2.45, 2.75) is 0 Å². The summed E-state index contributed by atoms with van der Waals surface area (Å²) in [5.41, 5.74) is 9.81. The maximum atomic E-state index is 4.90. The van der Waals surface area contributed by atoms with Crippen LogP contribution >= 0.6 is 0 Å². The van der Waals surface area contributed by atoms with Crippen LogP contribution in [0.25, 0.3) is 0 Å². The minimum absolute atomic E-state index is 0. The fraction of sp³-hybridized carbons (Fsp3) is 1.00. The van der Waals surface area contributed by atoms with Crippen LogP contribution in [0.5, 0.6) is 0 Å². The van der Waals surface area contributed by atoms with Crippen molar-refractivity contribution in [3.05, 3.63) is 0 Å². The second-order valence-corrected chi connectivity index (χ2v) is 0.577. The molecule has 0 aliphatic carbocycles. The Balaban J connectivity index is -0.0000000450. The molecule has 0 unspecified atom stereocenters. The summed E-state index contributed by atoms with van der Waals surface area (Å²) < 4.78 is 0. The third kappa shape index (κ3) is 12.4. The predicted molar refractivity (Wildman–Crippen MR) is 19.2 cm³/mol. The molecule has 5 heavy (non-hydrogen) atoms. The summed E-state index contributed by atoms with van der Waals surface area (Å²) in [5.74, 6) is 0. The number of hydrogen-bond acceptors (Lipinski definition) is 2. The number of rotatable bonds is 1. The molecule has 0 aromatic carbocycles. The van der Waals surface area contributed by atoms with Crippen LogP contribution < -0.4 is 30.3 Å². The van der Waals surface area contributed by atoms with E-state index in [4.69, 9.17) is 11.5 Å². The van der Waals surface area contributed by atoms with Crippen LogP contribution in [0.2, 0.25) is 0 Å². The zero-order chi connectivity index (χ0) is 3.41. The van der Waals surface area contributed by atoms with E-state index in [1.165, 1.54) is 0 Å². The van der Waals surface area contributed by atoms with Crippen molar-refractivity contribution in [2.75, 3.05) is 13.1 Å². The Labute approximate surface area is 45.6 Å². The van der Waals surface area contributed by atoms with Gasteiger partial charge < -0.3 is 12.9 Å². The summed E-state index contributed by atoms with van der Waals surface area (Å²) in [7, 11) is 0. The van der Waals surface area contributed by atoms with Crippen molar-refractivity contribution in [1.29, 1.82) is 0 Å². The zero-order valence-electron chi connectivity index (χ0n) is 4.57. The van der Waals surface area contributed by atoms with Gasteiger partial charge in [0.05, 0.1) is 0 Å². The molecule has 0 fully saturated rings. The van der Waals surface area contributed by atoms with E-state index in [1.54, 1.807) is 0 Å². The van der Waals surface area contributed by atoms with Gasteiger partial charge in [-0.1, -0.05) is 0 Å². The molecule has 3 heteroatoms. The Morgan fingerprint density at radius 1 is 1.20 bits per heavy atom. The van der Waals surface area contributed by atoms with E-state index in [1.807, 2.05) is 0 Å². The van der Waals surface area contributed by atoms with Crippen LogP contribution in [0.1, 0.15) is 1.43 Å². The summed E-state index contributed by atoms with van der Waals surface area (Å²) in [6.45, 7) is 1.19. The second-order valence-electron chi connectivity index (χ2n) is 0.577. The van der Waals surface area contributed by atoms with Gasteiger partial charge in [0.15, 0.2) is 0 Å². The normalized spacial score (nSPS) is 6.00. The zero-order valence-corrected chi connectivity index (χ0v) is 3.57. The standard InChI is InChI=1S/C2H8N2.Li.H/c3-1-2-4;;/h1-4H2;;/q;+1;-1. The minimum Gasteiger partial charge on any atom is -1.00 e. The largest absolute Gasteiger partial charge is 1.00 e. The molecule has 0 bridgehead atoms. The molecular weight excluding hydrogens is 59.0 g/mol. The van der Waals surface area contributed by atoms with Gasteiger partial charge in [-0.15, -0.1) is 0 Å². The van der Waals surface area contributed by atoms with E-state index in [2.05, 4.69) is 0 Å². The van der Waals surface area contributed by atoms with Crippen LogP contribution in [-0.2, 0) is 0 Å². The van der Waals surface area contributed by atoms with Crippen LogP contribution in [0.3, 0.4) is 0 Å². The summed E-state index contributed by atoms with van der Waals surface area (Å²) in [6.07, 6.45) is 0. The molecule has 0 saturated heterocycles. The maximum absolute atomic E-state index is 4.90. The topological polar surface area (TPSA) is 52.0 Å². The molecule has 0 atom stereocenters. The van der Waals surface area contributed by atoms with E-state index in [0.717, 1.165) is 0 Å². The van der Waals surface area contributed by atoms with E-state index >= 15 is 0 Å². The first kappa shape index (κ1) is 9.10. The Morgan fingerprint density at radius 3 is 1.40 bits per heavy atom. The molecule has 0 aromatic heterocycles. The quantitative estimate of drug-likeness (QED) is 0.308. The van der Waals surface area contributed by atoms with Crippen LogP contribution in [0.15, 0.2) is 0 Å². The summed E-state index contributed by atoms with van der Waals surface area (Å²) in [5, 5.41) is 0. The van der Waals surface area contributed by atoms with Gasteiger partial charge in [-0.2, -0.15) is 0 Å². The summed E-state index contributed by atoms with van der Waals surface area (Å²) in [4.78, 5) is 0. The van der Waals surface area contributed by atoms with Gasteiger partial charge in [-0.3, -0.25) is 0 Å². The first-order valence-corrected chi connectivity index (χ1v) is 1.32. The van der Waals surface area contributed by atoms with Gasteiger partial charge in [-0.05, 0) is 0 Å². The predicted octanol–water partition coefficient (Wildman–Crippen LogP) is -3.98. The molecule has 0 rings (SSSR count). The van der Waals surface area contributed by atoms with Crippen LogP contribution in [-0.4, -0.2) is 13.1 Å². The van der Waals surface area contributed by atoms with Crippen molar-refractivity contribution >= 4 is 0 Å². The SMILES string of the molecule is NCCN.[H-].[Li+]. The third-order valence-corrected chi connectivity index (χ3v) is 0.167. The Bertz CT molecular complexity index is 13.5.